The number of benzene rings is 1. The van der Waals surface area contributed by atoms with Crippen LogP contribution in [0.5, 0.6) is 0 Å². The molecule has 2 N–H and O–H groups in total. The van der Waals surface area contributed by atoms with Crippen molar-refractivity contribution in [3.05, 3.63) is 60.8 Å². The molecule has 5 heteroatoms. The Hall–Kier alpha value is -2.82. The number of fused-ring (bicyclic) bond motifs is 1. The van der Waals surface area contributed by atoms with Gasteiger partial charge in [-0.1, -0.05) is 0 Å². The molecule has 0 unspecified atom stereocenters. The Morgan fingerprint density at radius 1 is 1.37 bits per heavy atom. The van der Waals surface area contributed by atoms with Crippen molar-refractivity contribution in [2.24, 2.45) is 0 Å². The Morgan fingerprint density at radius 3 is 3.16 bits per heavy atom. The van der Waals surface area contributed by atoms with Crippen LogP contribution in [0.3, 0.4) is 0 Å². The van der Waals surface area contributed by atoms with E-state index in [0.29, 0.717) is 5.76 Å². The van der Waals surface area contributed by atoms with E-state index in [1.54, 1.807) is 24.5 Å². The van der Waals surface area contributed by atoms with Gasteiger partial charge < -0.3 is 9.73 Å². The van der Waals surface area contributed by atoms with Gasteiger partial charge in [-0.3, -0.25) is 9.89 Å². The number of H-pyrrole nitrogens is 1. The van der Waals surface area contributed by atoms with Gasteiger partial charge in [0.05, 0.1) is 18.0 Å². The third kappa shape index (κ3) is 2.40. The zero-order valence-electron chi connectivity index (χ0n) is 9.96. The highest BCUT2D eigenvalue weighted by molar-refractivity contribution is 6.02. The number of nitrogens with one attached hydrogen (secondary N) is 2. The minimum Gasteiger partial charge on any atom is -0.461 e. The highest BCUT2D eigenvalue weighted by atomic mass is 16.3. The first-order valence-corrected chi connectivity index (χ1v) is 5.77. The number of aromatic nitrogens is 2. The van der Waals surface area contributed by atoms with Crippen molar-refractivity contribution in [2.75, 3.05) is 5.32 Å². The number of aromatic amines is 1. The van der Waals surface area contributed by atoms with Crippen LogP contribution >= 0.6 is 0 Å². The van der Waals surface area contributed by atoms with E-state index in [-0.39, 0.29) is 5.78 Å². The fraction of sp³-hybridized carbons (Fsp3) is 0. The summed E-state index contributed by atoms with van der Waals surface area (Å²) in [5.74, 6) is 0.144. The lowest BCUT2D eigenvalue weighted by molar-refractivity contribution is 0.102. The minimum atomic E-state index is -0.179. The first kappa shape index (κ1) is 11.3. The molecule has 19 heavy (non-hydrogen) atoms. The first-order valence-electron chi connectivity index (χ1n) is 5.77. The number of furan rings is 1. The Labute approximate surface area is 108 Å². The molecule has 1 aromatic carbocycles. The summed E-state index contributed by atoms with van der Waals surface area (Å²) in [7, 11) is 0. The quantitative estimate of drug-likeness (QED) is 0.554. The van der Waals surface area contributed by atoms with Gasteiger partial charge in [0.1, 0.15) is 0 Å². The molecule has 0 aliphatic heterocycles. The predicted octanol–water partition coefficient (Wildman–Crippen LogP) is 2.96. The molecule has 0 aliphatic carbocycles. The number of carbonyl (C=O) groups is 1. The first-order chi connectivity index (χ1) is 9.33. The van der Waals surface area contributed by atoms with Gasteiger partial charge in [-0.05, 0) is 30.3 Å². The third-order valence-corrected chi connectivity index (χ3v) is 2.69. The summed E-state index contributed by atoms with van der Waals surface area (Å²) in [6.45, 7) is 0. The maximum absolute atomic E-state index is 11.6. The summed E-state index contributed by atoms with van der Waals surface area (Å²) in [5.41, 5.74) is 1.86. The second-order valence-electron chi connectivity index (χ2n) is 3.99. The summed E-state index contributed by atoms with van der Waals surface area (Å²) in [5, 5.41) is 10.9. The van der Waals surface area contributed by atoms with Gasteiger partial charge in [0.25, 0.3) is 0 Å². The number of carbonyl (C=O) groups excluding carboxylic acids is 1. The fourth-order valence-corrected chi connectivity index (χ4v) is 1.75. The van der Waals surface area contributed by atoms with E-state index in [9.17, 15) is 4.79 Å². The van der Waals surface area contributed by atoms with Crippen LogP contribution < -0.4 is 5.32 Å². The molecule has 94 valence electrons. The Kier molecular flexibility index (Phi) is 2.86. The second-order valence-corrected chi connectivity index (χ2v) is 3.99. The van der Waals surface area contributed by atoms with Gasteiger partial charge in [0, 0.05) is 23.3 Å². The van der Waals surface area contributed by atoms with E-state index in [0.717, 1.165) is 16.6 Å². The van der Waals surface area contributed by atoms with Gasteiger partial charge in [0.2, 0.25) is 5.78 Å². The van der Waals surface area contributed by atoms with Crippen LogP contribution in [0, 0.1) is 0 Å². The lowest BCUT2D eigenvalue weighted by Crippen LogP contribution is -1.94. The van der Waals surface area contributed by atoms with Gasteiger partial charge >= 0.3 is 0 Å². The Bertz CT molecular complexity index is 726. The highest BCUT2D eigenvalue weighted by Gasteiger charge is 2.03. The van der Waals surface area contributed by atoms with Crippen molar-refractivity contribution in [3.63, 3.8) is 0 Å². The van der Waals surface area contributed by atoms with Gasteiger partial charge in [-0.25, -0.2) is 0 Å². The molecule has 5 nitrogen and oxygen atoms in total. The number of hydrogen-bond donors (Lipinski definition) is 2. The Morgan fingerprint density at radius 2 is 2.32 bits per heavy atom. The molecule has 0 bridgehead atoms. The van der Waals surface area contributed by atoms with E-state index in [1.165, 1.54) is 12.3 Å². The van der Waals surface area contributed by atoms with Crippen molar-refractivity contribution in [2.45, 2.75) is 0 Å². The summed E-state index contributed by atoms with van der Waals surface area (Å²) in [6.07, 6.45) is 6.24. The molecule has 3 rings (SSSR count). The van der Waals surface area contributed by atoms with Crippen molar-refractivity contribution >= 4 is 22.4 Å². The van der Waals surface area contributed by atoms with Crippen molar-refractivity contribution in [3.8, 4) is 0 Å². The standard InChI is InChI=1S/C14H11N3O2/c18-13(14-2-1-7-19-14)5-6-15-11-3-4-12-10(8-11)9-16-17-12/h1-9,15H,(H,16,17). The van der Waals surface area contributed by atoms with Gasteiger partial charge in [0.15, 0.2) is 5.76 Å². The average molecular weight is 253 g/mol. The molecular formula is C14H11N3O2. The predicted molar refractivity (Wildman–Crippen MR) is 71.9 cm³/mol. The molecule has 2 heterocycles. The smallest absolute Gasteiger partial charge is 0.222 e. The van der Waals surface area contributed by atoms with Crippen molar-refractivity contribution in [1.82, 2.24) is 10.2 Å². The summed E-state index contributed by atoms with van der Waals surface area (Å²) in [4.78, 5) is 11.6. The number of allylic oxidation sites excluding steroid dienone is 1. The molecule has 0 spiro atoms. The molecular weight excluding hydrogens is 242 g/mol. The average Bonchev–Trinajstić information content (AvgIpc) is 3.09. The normalized spacial score (nSPS) is 11.2. The number of hydrogen-bond acceptors (Lipinski definition) is 4. The van der Waals surface area contributed by atoms with E-state index < -0.39 is 0 Å². The highest BCUT2D eigenvalue weighted by Crippen LogP contribution is 2.16. The summed E-state index contributed by atoms with van der Waals surface area (Å²) >= 11 is 0. The van der Waals surface area contributed by atoms with Crippen LogP contribution in [0.25, 0.3) is 10.9 Å². The zero-order chi connectivity index (χ0) is 13.1. The van der Waals surface area contributed by atoms with E-state index in [2.05, 4.69) is 15.5 Å². The van der Waals surface area contributed by atoms with Crippen LogP contribution in [0.15, 0.2) is 59.5 Å². The molecule has 0 saturated carbocycles. The SMILES string of the molecule is O=C(C=CNc1ccc2[nH]ncc2c1)c1ccco1. The maximum Gasteiger partial charge on any atom is 0.222 e. The second kappa shape index (κ2) is 4.81. The number of anilines is 1. The molecule has 0 aliphatic rings. The maximum atomic E-state index is 11.6. The van der Waals surface area contributed by atoms with E-state index in [4.69, 9.17) is 4.42 Å². The molecule has 0 atom stereocenters. The number of rotatable bonds is 4. The molecule has 0 radical (unpaired) electrons. The van der Waals surface area contributed by atoms with Gasteiger partial charge in [-0.15, -0.1) is 0 Å². The fourth-order valence-electron chi connectivity index (χ4n) is 1.75. The molecule has 0 saturated heterocycles. The molecule has 0 amide bonds. The lowest BCUT2D eigenvalue weighted by Gasteiger charge is -1.99. The van der Waals surface area contributed by atoms with Crippen molar-refractivity contribution in [1.29, 1.82) is 0 Å². The van der Waals surface area contributed by atoms with Gasteiger partial charge in [-0.2, -0.15) is 5.10 Å². The van der Waals surface area contributed by atoms with Crippen LogP contribution in [0.1, 0.15) is 10.6 Å². The summed E-state index contributed by atoms with van der Waals surface area (Å²) in [6, 6.07) is 9.08. The molecule has 2 aromatic heterocycles. The van der Waals surface area contributed by atoms with Crippen LogP contribution in [0.4, 0.5) is 5.69 Å². The van der Waals surface area contributed by atoms with Crippen LogP contribution in [-0.4, -0.2) is 16.0 Å². The zero-order valence-corrected chi connectivity index (χ0v) is 9.96. The van der Waals surface area contributed by atoms with Crippen LogP contribution in [0.2, 0.25) is 0 Å². The van der Waals surface area contributed by atoms with Crippen molar-refractivity contribution < 1.29 is 9.21 Å². The summed E-state index contributed by atoms with van der Waals surface area (Å²) < 4.78 is 5.00. The number of nitrogens with zero attached hydrogens (tertiary/aromatic N) is 1. The Balaban J connectivity index is 1.70. The molecule has 3 aromatic rings. The third-order valence-electron chi connectivity index (χ3n) is 2.69. The monoisotopic (exact) mass is 253 g/mol. The molecule has 0 fully saturated rings. The topological polar surface area (TPSA) is 70.9 Å². The lowest BCUT2D eigenvalue weighted by atomic mass is 10.2. The van der Waals surface area contributed by atoms with E-state index in [1.807, 2.05) is 18.2 Å². The largest absolute Gasteiger partial charge is 0.461 e. The van der Waals surface area contributed by atoms with E-state index >= 15 is 0 Å². The van der Waals surface area contributed by atoms with Crippen LogP contribution in [-0.2, 0) is 0 Å². The number of ketones is 1. The minimum absolute atomic E-state index is 0.179.